The van der Waals surface area contributed by atoms with Gasteiger partial charge in [0.2, 0.25) is 0 Å². The van der Waals surface area contributed by atoms with Gasteiger partial charge in [-0.2, -0.15) is 0 Å². The number of hydrogen-bond donors (Lipinski definition) is 1. The first-order valence-corrected chi connectivity index (χ1v) is 6.37. The highest BCUT2D eigenvalue weighted by Gasteiger charge is 2.12. The summed E-state index contributed by atoms with van der Waals surface area (Å²) in [5.41, 5.74) is 7.18. The van der Waals surface area contributed by atoms with E-state index in [4.69, 9.17) is 28.9 Å². The molecule has 0 radical (unpaired) electrons. The summed E-state index contributed by atoms with van der Waals surface area (Å²) in [5, 5.41) is 0.953. The van der Waals surface area contributed by atoms with Crippen molar-refractivity contribution in [3.63, 3.8) is 0 Å². The highest BCUT2D eigenvalue weighted by atomic mass is 35.5. The lowest BCUT2D eigenvalue weighted by atomic mass is 9.99. The molecule has 1 unspecified atom stereocenters. The van der Waals surface area contributed by atoms with Crippen LogP contribution in [0.25, 0.3) is 0 Å². The molecule has 0 fully saturated rings. The second-order valence-corrected chi connectivity index (χ2v) is 5.10. The molecule has 0 bridgehead atoms. The molecule has 2 aromatic carbocycles. The Morgan fingerprint density at radius 3 is 2.21 bits per heavy atom. The van der Waals surface area contributed by atoms with E-state index in [1.54, 1.807) is 18.2 Å². The molecule has 0 heterocycles. The van der Waals surface area contributed by atoms with Crippen LogP contribution >= 0.6 is 23.2 Å². The molecular weight excluding hydrogens is 291 g/mol. The predicted molar refractivity (Wildman–Crippen MR) is 73.5 cm³/mol. The van der Waals surface area contributed by atoms with Crippen molar-refractivity contribution in [1.29, 1.82) is 0 Å². The Bertz CT molecular complexity index is 582. The van der Waals surface area contributed by atoms with E-state index in [1.807, 2.05) is 0 Å². The first kappa shape index (κ1) is 14.3. The van der Waals surface area contributed by atoms with Gasteiger partial charge in [-0.25, -0.2) is 8.78 Å². The molecule has 0 aliphatic carbocycles. The second-order valence-electron chi connectivity index (χ2n) is 4.25. The third kappa shape index (κ3) is 3.66. The average Bonchev–Trinajstić information content (AvgIpc) is 2.26. The summed E-state index contributed by atoms with van der Waals surface area (Å²) >= 11 is 11.8. The van der Waals surface area contributed by atoms with E-state index in [9.17, 15) is 8.78 Å². The fourth-order valence-electron chi connectivity index (χ4n) is 1.89. The maximum atomic E-state index is 13.1. The third-order valence-electron chi connectivity index (χ3n) is 2.74. The number of hydrogen-bond acceptors (Lipinski definition) is 1. The van der Waals surface area contributed by atoms with Gasteiger partial charge in [0.05, 0.1) is 0 Å². The van der Waals surface area contributed by atoms with Gasteiger partial charge in [-0.05, 0) is 41.8 Å². The van der Waals surface area contributed by atoms with E-state index in [2.05, 4.69) is 0 Å². The summed E-state index contributed by atoms with van der Waals surface area (Å²) in [6.45, 7) is 0. The van der Waals surface area contributed by atoms with Crippen molar-refractivity contribution in [3.8, 4) is 0 Å². The SMILES string of the molecule is NC(Cc1cc(F)cc(F)c1)c1ccc(Cl)cc1Cl. The molecule has 0 aliphatic rings. The van der Waals surface area contributed by atoms with Crippen molar-refractivity contribution in [1.82, 2.24) is 0 Å². The molecule has 5 heteroatoms. The lowest BCUT2D eigenvalue weighted by Gasteiger charge is -2.14. The van der Waals surface area contributed by atoms with Crippen LogP contribution in [0.3, 0.4) is 0 Å². The Hall–Kier alpha value is -1.16. The van der Waals surface area contributed by atoms with Crippen LogP contribution in [-0.4, -0.2) is 0 Å². The summed E-state index contributed by atoms with van der Waals surface area (Å²) in [5.74, 6) is -1.24. The van der Waals surface area contributed by atoms with E-state index < -0.39 is 17.7 Å². The van der Waals surface area contributed by atoms with Gasteiger partial charge in [0, 0.05) is 22.2 Å². The zero-order valence-corrected chi connectivity index (χ0v) is 11.3. The summed E-state index contributed by atoms with van der Waals surface area (Å²) in [6, 6.07) is 7.86. The van der Waals surface area contributed by atoms with E-state index in [1.165, 1.54) is 12.1 Å². The maximum Gasteiger partial charge on any atom is 0.126 e. The van der Waals surface area contributed by atoms with Crippen LogP contribution in [0, 0.1) is 11.6 Å². The summed E-state index contributed by atoms with van der Waals surface area (Å²) in [4.78, 5) is 0. The van der Waals surface area contributed by atoms with Crippen molar-refractivity contribution < 1.29 is 8.78 Å². The van der Waals surface area contributed by atoms with Gasteiger partial charge in [-0.15, -0.1) is 0 Å². The molecule has 100 valence electrons. The van der Waals surface area contributed by atoms with Crippen LogP contribution in [0.5, 0.6) is 0 Å². The van der Waals surface area contributed by atoms with Crippen LogP contribution in [0.2, 0.25) is 10.0 Å². The van der Waals surface area contributed by atoms with Crippen LogP contribution in [0.4, 0.5) is 8.78 Å². The molecule has 2 rings (SSSR count). The van der Waals surface area contributed by atoms with Crippen LogP contribution in [-0.2, 0) is 6.42 Å². The molecule has 2 N–H and O–H groups in total. The van der Waals surface area contributed by atoms with E-state index in [-0.39, 0.29) is 6.42 Å². The van der Waals surface area contributed by atoms with Gasteiger partial charge in [0.1, 0.15) is 11.6 Å². The number of benzene rings is 2. The minimum atomic E-state index is -0.621. The Kier molecular flexibility index (Phi) is 4.40. The van der Waals surface area contributed by atoms with Crippen LogP contribution in [0.15, 0.2) is 36.4 Å². The zero-order valence-electron chi connectivity index (χ0n) is 9.84. The molecule has 1 nitrogen and oxygen atoms in total. The Labute approximate surface area is 119 Å². The minimum Gasteiger partial charge on any atom is -0.324 e. The topological polar surface area (TPSA) is 26.0 Å². The van der Waals surface area contributed by atoms with Crippen molar-refractivity contribution in [2.45, 2.75) is 12.5 Å². The smallest absolute Gasteiger partial charge is 0.126 e. The van der Waals surface area contributed by atoms with Gasteiger partial charge >= 0.3 is 0 Å². The lowest BCUT2D eigenvalue weighted by Crippen LogP contribution is -2.14. The largest absolute Gasteiger partial charge is 0.324 e. The Morgan fingerprint density at radius 2 is 1.63 bits per heavy atom. The molecule has 0 aromatic heterocycles. The average molecular weight is 302 g/mol. The molecule has 19 heavy (non-hydrogen) atoms. The monoisotopic (exact) mass is 301 g/mol. The molecule has 0 saturated carbocycles. The molecular formula is C14H11Cl2F2N. The molecule has 0 aliphatic heterocycles. The van der Waals surface area contributed by atoms with E-state index in [0.29, 0.717) is 21.2 Å². The fraction of sp³-hybridized carbons (Fsp3) is 0.143. The molecule has 1 atom stereocenters. The number of rotatable bonds is 3. The van der Waals surface area contributed by atoms with Gasteiger partial charge in [-0.1, -0.05) is 29.3 Å². The van der Waals surface area contributed by atoms with Gasteiger partial charge < -0.3 is 5.73 Å². The van der Waals surface area contributed by atoms with Gasteiger partial charge in [-0.3, -0.25) is 0 Å². The van der Waals surface area contributed by atoms with Crippen molar-refractivity contribution >= 4 is 23.2 Å². The Morgan fingerprint density at radius 1 is 1.00 bits per heavy atom. The van der Waals surface area contributed by atoms with Crippen LogP contribution < -0.4 is 5.73 Å². The standard InChI is InChI=1S/C14H11Cl2F2N/c15-9-1-2-12(13(16)6-9)14(19)5-8-3-10(17)7-11(18)4-8/h1-4,6-7,14H,5,19H2. The summed E-state index contributed by atoms with van der Waals surface area (Å²) in [6.07, 6.45) is 0.288. The van der Waals surface area contributed by atoms with Crippen molar-refractivity contribution in [2.75, 3.05) is 0 Å². The van der Waals surface area contributed by atoms with E-state index >= 15 is 0 Å². The molecule has 2 aromatic rings. The van der Waals surface area contributed by atoms with Gasteiger partial charge in [0.25, 0.3) is 0 Å². The molecule has 0 saturated heterocycles. The predicted octanol–water partition coefficient (Wildman–Crippen LogP) is 4.51. The first-order valence-electron chi connectivity index (χ1n) is 5.61. The van der Waals surface area contributed by atoms with E-state index in [0.717, 1.165) is 6.07 Å². The third-order valence-corrected chi connectivity index (χ3v) is 3.30. The molecule has 0 amide bonds. The summed E-state index contributed by atoms with van der Waals surface area (Å²) < 4.78 is 26.2. The highest BCUT2D eigenvalue weighted by Crippen LogP contribution is 2.27. The van der Waals surface area contributed by atoms with Crippen LogP contribution in [0.1, 0.15) is 17.2 Å². The van der Waals surface area contributed by atoms with Crippen molar-refractivity contribution in [2.24, 2.45) is 5.73 Å². The first-order chi connectivity index (χ1) is 8.95. The zero-order chi connectivity index (χ0) is 14.0. The summed E-state index contributed by atoms with van der Waals surface area (Å²) in [7, 11) is 0. The molecule has 0 spiro atoms. The van der Waals surface area contributed by atoms with Crippen molar-refractivity contribution in [3.05, 3.63) is 69.2 Å². The normalized spacial score (nSPS) is 12.5. The minimum absolute atomic E-state index is 0.288. The number of nitrogens with two attached hydrogens (primary N) is 1. The Balaban J connectivity index is 2.22. The second kappa shape index (κ2) is 5.87. The van der Waals surface area contributed by atoms with Gasteiger partial charge in [0.15, 0.2) is 0 Å². The maximum absolute atomic E-state index is 13.1. The quantitative estimate of drug-likeness (QED) is 0.886. The number of halogens is 4. The fourth-order valence-corrected chi connectivity index (χ4v) is 2.44. The lowest BCUT2D eigenvalue weighted by molar-refractivity contribution is 0.576. The highest BCUT2D eigenvalue weighted by molar-refractivity contribution is 6.35.